The van der Waals surface area contributed by atoms with Crippen LogP contribution in [-0.4, -0.2) is 180 Å². The number of methoxy groups -OCH3 is 1. The number of carbonyl (C=O) groups excluding carboxylic acids is 11. The largest absolute Gasteiger partial charge is 0.508 e. The molecular weight excluding hydrogens is 1000 g/mol. The monoisotopic (exact) mass is 1070 g/mol. The van der Waals surface area contributed by atoms with E-state index in [1.165, 1.54) is 43.4 Å². The molecule has 0 radical (unpaired) electrons. The number of phenols is 1. The Labute approximate surface area is 425 Å². The molecule has 10 atom stereocenters. The van der Waals surface area contributed by atoms with Gasteiger partial charge in [0.15, 0.2) is 12.2 Å². The number of carbonyl (C=O) groups is 11. The van der Waals surface area contributed by atoms with Gasteiger partial charge in [0.25, 0.3) is 17.7 Å². The number of nitrogens with two attached hydrogens (primary N) is 2. The summed E-state index contributed by atoms with van der Waals surface area (Å²) < 4.78 is 43.7. The van der Waals surface area contributed by atoms with Gasteiger partial charge in [0.1, 0.15) is 41.7 Å². The molecule has 1 aromatic rings. The summed E-state index contributed by atoms with van der Waals surface area (Å²) >= 11 is 0. The number of ether oxygens (including phenoxy) is 1. The standard InChI is InChI=1S/C44H65N11O18S/c1-8-24-42(66)54(6)19-31(58)51-33(35(73-74(69,70)71)41(65)53-44(46)68)39(63)52-32(22(5)72-7)43(67)55-18-21(4)15-28(55)38(62)50-26(16-23-11-9-10-12-29(23)56)36(60)49-27(17-30(45)57)37(61)48-25(14-13-20(2)3)34(59)40(64)47-24/h8-12,20-22,25-28,32-35,56,59H,13-19H2,1-7H3,(H2,45,57)(H,47,64)(H,48,61)(H,49,60)(H,50,62)(H,51,58)(H,52,63)(H,69,70,71)(H3,46,53,65,68)/b24-8-/t21-,22-,25+,26+,27-,28-,32-,33+,34+,35-/m0/s1. The number of nitrogens with zero attached hydrogens (tertiary/aromatic N) is 2. The Balaban J connectivity index is 2.31. The Morgan fingerprint density at radius 3 is 2.08 bits per heavy atom. The van der Waals surface area contributed by atoms with Crippen molar-refractivity contribution in [3.8, 4) is 5.75 Å². The van der Waals surface area contributed by atoms with Gasteiger partial charge in [0.2, 0.25) is 41.4 Å². The van der Waals surface area contributed by atoms with Crippen LogP contribution in [-0.2, 0) is 73.7 Å². The Hall–Kier alpha value is -7.28. The maximum Gasteiger partial charge on any atom is 0.398 e. The Bertz CT molecular complexity index is 2460. The Morgan fingerprint density at radius 2 is 1.51 bits per heavy atom. The van der Waals surface area contributed by atoms with Crippen LogP contribution in [0.1, 0.15) is 65.9 Å². The number of urea groups is 1. The van der Waals surface area contributed by atoms with Crippen LogP contribution in [0.3, 0.4) is 0 Å². The van der Waals surface area contributed by atoms with Gasteiger partial charge in [-0.25, -0.2) is 8.98 Å². The highest BCUT2D eigenvalue weighted by Gasteiger charge is 2.46. The van der Waals surface area contributed by atoms with Crippen LogP contribution in [0, 0.1) is 11.8 Å². The van der Waals surface area contributed by atoms with Crippen LogP contribution in [0.4, 0.5) is 4.79 Å². The van der Waals surface area contributed by atoms with Crippen molar-refractivity contribution in [2.75, 3.05) is 27.2 Å². The van der Waals surface area contributed by atoms with Gasteiger partial charge in [-0.15, -0.1) is 0 Å². The van der Waals surface area contributed by atoms with E-state index in [1.807, 2.05) is 5.32 Å². The number of fused-ring (bicyclic) bond motifs is 1. The molecule has 0 unspecified atom stereocenters. The zero-order valence-corrected chi connectivity index (χ0v) is 42.4. The molecular formula is C44H65N11O18S. The molecule has 0 aromatic heterocycles. The van der Waals surface area contributed by atoms with Crippen LogP contribution in [0.15, 0.2) is 36.0 Å². The molecule has 0 aliphatic carbocycles. The summed E-state index contributed by atoms with van der Waals surface area (Å²) in [6, 6.07) is -6.95. The number of primary amides is 2. The molecule has 2 saturated heterocycles. The minimum absolute atomic E-state index is 0.0805. The lowest BCUT2D eigenvalue weighted by Crippen LogP contribution is -2.65. The number of hydrogen-bond acceptors (Lipinski definition) is 17. The average Bonchev–Trinajstić information content (AvgIpc) is 3.71. The van der Waals surface area contributed by atoms with Gasteiger partial charge in [-0.3, -0.25) is 57.8 Å². The van der Waals surface area contributed by atoms with E-state index in [9.17, 15) is 75.9 Å². The van der Waals surface area contributed by atoms with Gasteiger partial charge in [0.05, 0.1) is 25.1 Å². The molecule has 2 heterocycles. The molecule has 0 bridgehead atoms. The van der Waals surface area contributed by atoms with Crippen molar-refractivity contribution in [1.82, 2.24) is 47.0 Å². The number of amides is 12. The normalized spacial score (nSPS) is 26.0. The van der Waals surface area contributed by atoms with Gasteiger partial charge in [-0.1, -0.05) is 45.0 Å². The second-order valence-electron chi connectivity index (χ2n) is 18.1. The average molecular weight is 1070 g/mol. The minimum atomic E-state index is -5.76. The first-order valence-electron chi connectivity index (χ1n) is 23.0. The number of benzene rings is 1. The van der Waals surface area contributed by atoms with Gasteiger partial charge in [0, 0.05) is 27.1 Å². The van der Waals surface area contributed by atoms with Crippen molar-refractivity contribution in [3.63, 3.8) is 0 Å². The van der Waals surface area contributed by atoms with Crippen molar-refractivity contribution < 1.29 is 84.8 Å². The molecule has 410 valence electrons. The number of aliphatic hydroxyl groups excluding tert-OH is 1. The second kappa shape index (κ2) is 27.1. The first kappa shape index (κ1) is 61.0. The molecule has 3 rings (SSSR count). The Kier molecular flexibility index (Phi) is 22.4. The van der Waals surface area contributed by atoms with Crippen molar-refractivity contribution in [2.45, 2.75) is 121 Å². The van der Waals surface area contributed by atoms with E-state index in [0.717, 1.165) is 25.1 Å². The number of nitrogens with one attached hydrogen (secondary N) is 7. The number of para-hydroxylation sites is 1. The minimum Gasteiger partial charge on any atom is -0.508 e. The van der Waals surface area contributed by atoms with Crippen LogP contribution in [0.2, 0.25) is 0 Å². The fraction of sp³-hybridized carbons (Fsp3) is 0.568. The Morgan fingerprint density at radius 1 is 0.892 bits per heavy atom. The first-order valence-corrected chi connectivity index (χ1v) is 24.4. The highest BCUT2D eigenvalue weighted by atomic mass is 32.3. The van der Waals surface area contributed by atoms with Gasteiger partial charge in [-0.05, 0) is 56.6 Å². The third-order valence-corrected chi connectivity index (χ3v) is 12.2. The van der Waals surface area contributed by atoms with Crippen LogP contribution in [0.5, 0.6) is 5.75 Å². The third-order valence-electron chi connectivity index (χ3n) is 11.8. The molecule has 2 aliphatic heterocycles. The summed E-state index contributed by atoms with van der Waals surface area (Å²) in [4.78, 5) is 152. The molecule has 74 heavy (non-hydrogen) atoms. The van der Waals surface area contributed by atoms with Crippen molar-refractivity contribution in [2.24, 2.45) is 23.3 Å². The third kappa shape index (κ3) is 17.7. The number of aliphatic hydroxyl groups is 1. The predicted octanol–water partition coefficient (Wildman–Crippen LogP) is -4.82. The molecule has 0 spiro atoms. The SMILES string of the molecule is C/C=C1\NC(=O)[C@H](O)[C@@H](CCC(C)C)NC(=O)[C@H](CC(N)=O)NC(=O)[C@@H](Cc2ccccc2O)NC(=O)[C@@H]2C[C@H](C)CN2C(=O)[C@H]([C@H](C)OC)NC(=O)[C@@H]([C@H](OS(=O)(=O)O)C(=O)NC(N)=O)NC(=O)CN(C)C1=O. The number of phenolic OH excluding ortho intramolecular Hbond substituents is 1. The van der Waals surface area contributed by atoms with Crippen LogP contribution < -0.4 is 48.7 Å². The highest BCUT2D eigenvalue weighted by molar-refractivity contribution is 7.80. The summed E-state index contributed by atoms with van der Waals surface area (Å²) in [6.45, 7) is 6.49. The van der Waals surface area contributed by atoms with E-state index in [2.05, 4.69) is 30.8 Å². The van der Waals surface area contributed by atoms with E-state index in [0.29, 0.717) is 4.90 Å². The molecule has 0 saturated carbocycles. The lowest BCUT2D eigenvalue weighted by atomic mass is 9.98. The summed E-state index contributed by atoms with van der Waals surface area (Å²) in [6.07, 6.45) is -6.59. The van der Waals surface area contributed by atoms with E-state index < -0.39 is 161 Å². The summed E-state index contributed by atoms with van der Waals surface area (Å²) in [5.41, 5.74) is 10.1. The number of aromatic hydroxyl groups is 1. The maximum atomic E-state index is 14.7. The molecule has 1 aromatic carbocycles. The molecule has 14 N–H and O–H groups in total. The molecule has 12 amide bonds. The predicted molar refractivity (Wildman–Crippen MR) is 255 cm³/mol. The van der Waals surface area contributed by atoms with Gasteiger partial charge >= 0.3 is 16.4 Å². The maximum absolute atomic E-state index is 14.7. The van der Waals surface area contributed by atoms with Crippen molar-refractivity contribution >= 4 is 75.5 Å². The second-order valence-corrected chi connectivity index (χ2v) is 19.2. The quantitative estimate of drug-likeness (QED) is 0.0651. The molecule has 2 fully saturated rings. The van der Waals surface area contributed by atoms with E-state index in [-0.39, 0.29) is 43.0 Å². The van der Waals surface area contributed by atoms with Gasteiger partial charge < -0.3 is 68.1 Å². The van der Waals surface area contributed by atoms with Crippen LogP contribution in [0.25, 0.3) is 0 Å². The number of rotatable bonds is 13. The zero-order valence-electron chi connectivity index (χ0n) is 41.6. The number of likely N-dealkylation sites (N-methyl/N-ethyl adjacent to an activating group) is 1. The van der Waals surface area contributed by atoms with E-state index in [1.54, 1.807) is 20.8 Å². The highest BCUT2D eigenvalue weighted by Crippen LogP contribution is 2.26. The first-order chi connectivity index (χ1) is 34.5. The number of allylic oxidation sites excluding steroid dienone is 1. The summed E-state index contributed by atoms with van der Waals surface area (Å²) in [5, 5.41) is 37.4. The lowest BCUT2D eigenvalue weighted by molar-refractivity contribution is -0.146. The van der Waals surface area contributed by atoms with Crippen molar-refractivity contribution in [1.29, 1.82) is 0 Å². The van der Waals surface area contributed by atoms with Crippen molar-refractivity contribution in [3.05, 3.63) is 41.6 Å². The number of imide groups is 1. The molecule has 30 heteroatoms. The molecule has 2 aliphatic rings. The molecule has 29 nitrogen and oxygen atoms in total. The lowest BCUT2D eigenvalue weighted by Gasteiger charge is -2.33. The van der Waals surface area contributed by atoms with E-state index >= 15 is 0 Å². The van der Waals surface area contributed by atoms with E-state index in [4.69, 9.17) is 16.2 Å². The number of hydrogen-bond donors (Lipinski definition) is 12. The summed E-state index contributed by atoms with van der Waals surface area (Å²) in [7, 11) is -3.65. The van der Waals surface area contributed by atoms with Crippen LogP contribution >= 0.6 is 0 Å². The fourth-order valence-corrected chi connectivity index (χ4v) is 8.31. The zero-order chi connectivity index (χ0) is 55.9. The van der Waals surface area contributed by atoms with Gasteiger partial charge in [-0.2, -0.15) is 8.42 Å². The topological polar surface area (TPSA) is 444 Å². The summed E-state index contributed by atoms with van der Waals surface area (Å²) in [5.74, 6) is -13.5. The smallest absolute Gasteiger partial charge is 0.398 e. The fourth-order valence-electron chi connectivity index (χ4n) is 7.85.